The third-order valence-corrected chi connectivity index (χ3v) is 5.64. The summed E-state index contributed by atoms with van der Waals surface area (Å²) in [6, 6.07) is 3.74. The molecule has 0 saturated carbocycles. The lowest BCUT2D eigenvalue weighted by Crippen LogP contribution is -2.25. The monoisotopic (exact) mass is 516 g/mol. The van der Waals surface area contributed by atoms with Gasteiger partial charge in [0.05, 0.1) is 29.9 Å². The van der Waals surface area contributed by atoms with Crippen LogP contribution >= 0.6 is 0 Å². The first-order valence-corrected chi connectivity index (χ1v) is 11.8. The molecule has 3 aromatic rings. The maximum Gasteiger partial charge on any atom is 0.514 e. The van der Waals surface area contributed by atoms with Crippen LogP contribution in [0.1, 0.15) is 34.1 Å². The quantitative estimate of drug-likeness (QED) is 0.349. The fourth-order valence-corrected chi connectivity index (χ4v) is 3.97. The number of benzene rings is 1. The number of nitrogens with zero attached hydrogens (tertiary/aromatic N) is 4. The van der Waals surface area contributed by atoms with Crippen LogP contribution in [-0.4, -0.2) is 47.7 Å². The van der Waals surface area contributed by atoms with Crippen LogP contribution in [0.15, 0.2) is 40.2 Å². The molecule has 0 N–H and O–H groups in total. The molecule has 37 heavy (non-hydrogen) atoms. The van der Waals surface area contributed by atoms with Gasteiger partial charge in [0.25, 0.3) is 0 Å². The predicted molar refractivity (Wildman–Crippen MR) is 133 cm³/mol. The molecule has 11 heteroatoms. The number of halogens is 3. The van der Waals surface area contributed by atoms with Crippen molar-refractivity contribution in [3.63, 3.8) is 0 Å². The fraction of sp³-hybridized carbons (Fsp3) is 0.385. The second-order valence-corrected chi connectivity index (χ2v) is 9.77. The van der Waals surface area contributed by atoms with Crippen molar-refractivity contribution >= 4 is 29.2 Å². The molecule has 0 aliphatic carbocycles. The molecule has 0 bridgehead atoms. The van der Waals surface area contributed by atoms with Gasteiger partial charge in [-0.05, 0) is 37.0 Å². The van der Waals surface area contributed by atoms with Gasteiger partial charge >= 0.3 is 6.16 Å². The minimum Gasteiger partial charge on any atom is -0.434 e. The summed E-state index contributed by atoms with van der Waals surface area (Å²) < 4.78 is 54.5. The van der Waals surface area contributed by atoms with Crippen molar-refractivity contribution in [1.82, 2.24) is 9.55 Å². The summed E-state index contributed by atoms with van der Waals surface area (Å²) in [7, 11) is 0. The third kappa shape index (κ3) is 5.76. The summed E-state index contributed by atoms with van der Waals surface area (Å²) in [6.45, 7) is 8.50. The van der Waals surface area contributed by atoms with E-state index in [2.05, 4.69) is 9.98 Å². The van der Waals surface area contributed by atoms with Gasteiger partial charge in [0.1, 0.15) is 11.6 Å². The van der Waals surface area contributed by atoms with Crippen LogP contribution in [0.4, 0.5) is 23.8 Å². The molecule has 1 aliphatic heterocycles. The zero-order valence-electron chi connectivity index (χ0n) is 20.9. The standard InChI is InChI=1S/C26H27F3N4O4/c1-5-36-25(35)37-21-13-33(20-7-6-15(27)10-18(20)28)23-17(22(21)34)11-19(29)24(31-23)32-9-8-16(12-32)30-14-26(2,3)4/h6-7,10-11,13-14,16H,5,8-9,12H2,1-4H3. The van der Waals surface area contributed by atoms with Gasteiger partial charge in [-0.15, -0.1) is 0 Å². The molecule has 196 valence electrons. The molecule has 3 heterocycles. The van der Waals surface area contributed by atoms with Crippen molar-refractivity contribution in [2.45, 2.75) is 40.2 Å². The van der Waals surface area contributed by atoms with E-state index in [4.69, 9.17) is 9.47 Å². The third-order valence-electron chi connectivity index (χ3n) is 5.64. The minimum absolute atomic E-state index is 0.0105. The number of fused-ring (bicyclic) bond motifs is 1. The lowest BCUT2D eigenvalue weighted by Gasteiger charge is -2.20. The van der Waals surface area contributed by atoms with Gasteiger partial charge in [-0.3, -0.25) is 14.4 Å². The van der Waals surface area contributed by atoms with Crippen LogP contribution in [-0.2, 0) is 4.74 Å². The Balaban J connectivity index is 1.84. The van der Waals surface area contributed by atoms with E-state index in [1.165, 1.54) is 0 Å². The van der Waals surface area contributed by atoms with Crippen molar-refractivity contribution in [3.05, 3.63) is 58.1 Å². The first-order valence-electron chi connectivity index (χ1n) is 11.8. The SMILES string of the molecule is CCOC(=O)Oc1cn(-c2ccc(F)cc2F)c2nc(N3CCC(N=CC(C)(C)C)C3)c(F)cc2c1=O. The number of hydrogen-bond donors (Lipinski definition) is 0. The smallest absolute Gasteiger partial charge is 0.434 e. The lowest BCUT2D eigenvalue weighted by molar-refractivity contribution is 0.104. The number of anilines is 1. The van der Waals surface area contributed by atoms with Crippen LogP contribution in [0.5, 0.6) is 5.75 Å². The van der Waals surface area contributed by atoms with Crippen LogP contribution < -0.4 is 15.1 Å². The number of ether oxygens (including phenoxy) is 2. The molecular weight excluding hydrogens is 489 g/mol. The Morgan fingerprint density at radius 2 is 1.97 bits per heavy atom. The fourth-order valence-electron chi connectivity index (χ4n) is 3.97. The number of pyridine rings is 2. The van der Waals surface area contributed by atoms with Crippen LogP contribution in [0, 0.1) is 22.9 Å². The van der Waals surface area contributed by atoms with Gasteiger partial charge in [0, 0.05) is 25.4 Å². The van der Waals surface area contributed by atoms with E-state index in [1.54, 1.807) is 11.8 Å². The van der Waals surface area contributed by atoms with E-state index >= 15 is 4.39 Å². The van der Waals surface area contributed by atoms with Gasteiger partial charge in [-0.1, -0.05) is 20.8 Å². The molecule has 2 aromatic heterocycles. The topological polar surface area (TPSA) is 86.0 Å². The highest BCUT2D eigenvalue weighted by atomic mass is 19.1. The second kappa shape index (κ2) is 10.2. The van der Waals surface area contributed by atoms with E-state index in [1.807, 2.05) is 27.0 Å². The summed E-state index contributed by atoms with van der Waals surface area (Å²) in [5.41, 5.74) is -1.21. The number of carbonyl (C=O) groups excluding carboxylic acids is 1. The largest absolute Gasteiger partial charge is 0.514 e. The van der Waals surface area contributed by atoms with Crippen molar-refractivity contribution in [1.29, 1.82) is 0 Å². The van der Waals surface area contributed by atoms with Crippen molar-refractivity contribution in [2.24, 2.45) is 10.4 Å². The Morgan fingerprint density at radius 3 is 2.65 bits per heavy atom. The van der Waals surface area contributed by atoms with E-state index in [0.717, 1.165) is 29.0 Å². The molecular formula is C26H27F3N4O4. The van der Waals surface area contributed by atoms with Gasteiger partial charge in [-0.25, -0.2) is 22.9 Å². The van der Waals surface area contributed by atoms with Gasteiger partial charge in [-0.2, -0.15) is 0 Å². The summed E-state index contributed by atoms with van der Waals surface area (Å²) in [5, 5.41) is -0.256. The molecule has 0 amide bonds. The van der Waals surface area contributed by atoms with Crippen LogP contribution in [0.3, 0.4) is 0 Å². The Morgan fingerprint density at radius 1 is 1.22 bits per heavy atom. The molecule has 1 fully saturated rings. The molecule has 8 nitrogen and oxygen atoms in total. The van der Waals surface area contributed by atoms with Crippen molar-refractivity contribution in [2.75, 3.05) is 24.6 Å². The maximum atomic E-state index is 15.3. The van der Waals surface area contributed by atoms with Crippen LogP contribution in [0.25, 0.3) is 16.7 Å². The molecule has 4 rings (SSSR count). The Kier molecular flexibility index (Phi) is 7.24. The van der Waals surface area contributed by atoms with E-state index in [0.29, 0.717) is 25.6 Å². The normalized spacial score (nSPS) is 16.1. The van der Waals surface area contributed by atoms with E-state index in [9.17, 15) is 18.4 Å². The van der Waals surface area contributed by atoms with E-state index < -0.39 is 34.8 Å². The van der Waals surface area contributed by atoms with Crippen molar-refractivity contribution in [3.8, 4) is 11.4 Å². The highest BCUT2D eigenvalue weighted by Crippen LogP contribution is 2.29. The molecule has 1 aliphatic rings. The van der Waals surface area contributed by atoms with Gasteiger partial charge < -0.3 is 14.4 Å². The summed E-state index contributed by atoms with van der Waals surface area (Å²) in [5.74, 6) is -3.10. The molecule has 1 unspecified atom stereocenters. The number of aliphatic imine (C=N–C) groups is 1. The Bertz CT molecular complexity index is 1430. The molecule has 0 spiro atoms. The number of rotatable bonds is 5. The average Bonchev–Trinajstić information content (AvgIpc) is 3.28. The highest BCUT2D eigenvalue weighted by molar-refractivity contribution is 5.81. The van der Waals surface area contributed by atoms with E-state index in [-0.39, 0.29) is 40.6 Å². The minimum atomic E-state index is -1.16. The molecule has 1 saturated heterocycles. The van der Waals surface area contributed by atoms with Crippen molar-refractivity contribution < 1.29 is 27.4 Å². The lowest BCUT2D eigenvalue weighted by atomic mass is 9.99. The van der Waals surface area contributed by atoms with Gasteiger partial charge in [0.2, 0.25) is 5.43 Å². The highest BCUT2D eigenvalue weighted by Gasteiger charge is 2.27. The molecule has 1 aromatic carbocycles. The Labute approximate surface area is 211 Å². The first-order chi connectivity index (χ1) is 17.5. The van der Waals surface area contributed by atoms with Gasteiger partial charge in [0.15, 0.2) is 23.0 Å². The summed E-state index contributed by atoms with van der Waals surface area (Å²) in [6.07, 6.45) is 2.43. The summed E-state index contributed by atoms with van der Waals surface area (Å²) >= 11 is 0. The predicted octanol–water partition coefficient (Wildman–Crippen LogP) is 5.03. The number of hydrogen-bond acceptors (Lipinski definition) is 7. The molecule has 1 atom stereocenters. The number of carbonyl (C=O) groups is 1. The maximum absolute atomic E-state index is 15.3. The zero-order chi connectivity index (χ0) is 26.9. The zero-order valence-corrected chi connectivity index (χ0v) is 20.9. The summed E-state index contributed by atoms with van der Waals surface area (Å²) in [4.78, 5) is 35.6. The first kappa shape index (κ1) is 26.2. The number of aromatic nitrogens is 2. The van der Waals surface area contributed by atoms with Crippen LogP contribution in [0.2, 0.25) is 0 Å². The Hall–Kier alpha value is -3.89. The average molecular weight is 517 g/mol. The molecule has 0 radical (unpaired) electrons. The second-order valence-electron chi connectivity index (χ2n) is 9.77.